The van der Waals surface area contributed by atoms with Crippen LogP contribution in [-0.2, 0) is 4.79 Å². The Hall–Kier alpha value is -1.88. The summed E-state index contributed by atoms with van der Waals surface area (Å²) in [5, 5.41) is 5.64. The van der Waals surface area contributed by atoms with E-state index in [0.717, 1.165) is 0 Å². The van der Waals surface area contributed by atoms with Gasteiger partial charge in [0.2, 0.25) is 5.91 Å². The van der Waals surface area contributed by atoms with Gasteiger partial charge in [0.05, 0.1) is 5.54 Å². The Labute approximate surface area is 118 Å². The molecule has 0 heterocycles. The topological polar surface area (TPSA) is 84.2 Å². The average molecular weight is 275 g/mol. The molecule has 1 aliphatic rings. The highest BCUT2D eigenvalue weighted by Gasteiger charge is 2.45. The van der Waals surface area contributed by atoms with Crippen LogP contribution in [0.1, 0.15) is 44.0 Å². The summed E-state index contributed by atoms with van der Waals surface area (Å²) in [5.41, 5.74) is 5.91. The highest BCUT2D eigenvalue weighted by molar-refractivity contribution is 6.01. The fourth-order valence-electron chi connectivity index (χ4n) is 1.77. The van der Waals surface area contributed by atoms with Gasteiger partial charge in [-0.1, -0.05) is 6.07 Å². The first kappa shape index (κ1) is 14.5. The molecule has 0 atom stereocenters. The molecule has 20 heavy (non-hydrogen) atoms. The fourth-order valence-corrected chi connectivity index (χ4v) is 1.77. The van der Waals surface area contributed by atoms with E-state index in [4.69, 9.17) is 5.73 Å². The van der Waals surface area contributed by atoms with Gasteiger partial charge in [0.1, 0.15) is 0 Å². The van der Waals surface area contributed by atoms with Gasteiger partial charge < -0.3 is 16.4 Å². The third kappa shape index (κ3) is 3.57. The van der Waals surface area contributed by atoms with Crippen molar-refractivity contribution in [1.29, 1.82) is 0 Å². The maximum Gasteiger partial charge on any atom is 0.251 e. The van der Waals surface area contributed by atoms with E-state index in [1.165, 1.54) is 0 Å². The van der Waals surface area contributed by atoms with Crippen LogP contribution in [0.3, 0.4) is 0 Å². The van der Waals surface area contributed by atoms with Crippen LogP contribution in [0.5, 0.6) is 0 Å². The van der Waals surface area contributed by atoms with Gasteiger partial charge in [0.25, 0.3) is 5.91 Å². The van der Waals surface area contributed by atoms with E-state index in [1.807, 2.05) is 20.8 Å². The normalized spacial score (nSPS) is 16.4. The van der Waals surface area contributed by atoms with Crippen molar-refractivity contribution in [3.8, 4) is 0 Å². The molecule has 0 radical (unpaired) electrons. The minimum atomic E-state index is -0.719. The minimum absolute atomic E-state index is 0.164. The average Bonchev–Trinajstić information content (AvgIpc) is 3.07. The van der Waals surface area contributed by atoms with Crippen molar-refractivity contribution >= 4 is 17.5 Å². The standard InChI is InChI=1S/C15H21N3O2/c1-14(2,3)18-12(19)10-5-4-6-11(9-10)17-13(20)15(16)7-8-15/h4-6,9H,7-8,16H2,1-3H3,(H,17,20)(H,18,19). The zero-order valence-corrected chi connectivity index (χ0v) is 12.1. The fraction of sp³-hybridized carbons (Fsp3) is 0.467. The van der Waals surface area contributed by atoms with Gasteiger partial charge in [0, 0.05) is 16.8 Å². The Morgan fingerprint density at radius 3 is 2.45 bits per heavy atom. The van der Waals surface area contributed by atoms with Crippen molar-refractivity contribution in [3.63, 3.8) is 0 Å². The Balaban J connectivity index is 2.08. The van der Waals surface area contributed by atoms with Gasteiger partial charge in [-0.15, -0.1) is 0 Å². The summed E-state index contributed by atoms with van der Waals surface area (Å²) in [7, 11) is 0. The lowest BCUT2D eigenvalue weighted by molar-refractivity contribution is -0.118. The van der Waals surface area contributed by atoms with Gasteiger partial charge >= 0.3 is 0 Å². The summed E-state index contributed by atoms with van der Waals surface area (Å²) in [4.78, 5) is 23.9. The van der Waals surface area contributed by atoms with E-state index in [2.05, 4.69) is 10.6 Å². The summed E-state index contributed by atoms with van der Waals surface area (Å²) >= 11 is 0. The number of benzene rings is 1. The molecule has 1 aliphatic carbocycles. The summed E-state index contributed by atoms with van der Waals surface area (Å²) in [5.74, 6) is -0.353. The van der Waals surface area contributed by atoms with Gasteiger partial charge in [-0.05, 0) is 51.8 Å². The van der Waals surface area contributed by atoms with Gasteiger partial charge in [-0.2, -0.15) is 0 Å². The van der Waals surface area contributed by atoms with E-state index in [-0.39, 0.29) is 17.4 Å². The summed E-state index contributed by atoms with van der Waals surface area (Å²) in [6, 6.07) is 6.86. The molecule has 1 fully saturated rings. The molecule has 2 rings (SSSR count). The van der Waals surface area contributed by atoms with Crippen molar-refractivity contribution in [2.75, 3.05) is 5.32 Å². The second kappa shape index (κ2) is 4.90. The summed E-state index contributed by atoms with van der Waals surface area (Å²) in [6.07, 6.45) is 1.42. The number of rotatable bonds is 3. The zero-order chi connectivity index (χ0) is 15.0. The Morgan fingerprint density at radius 1 is 1.25 bits per heavy atom. The molecule has 1 aromatic rings. The zero-order valence-electron chi connectivity index (χ0n) is 12.1. The van der Waals surface area contributed by atoms with Crippen molar-refractivity contribution < 1.29 is 9.59 Å². The van der Waals surface area contributed by atoms with Crippen LogP contribution in [0, 0.1) is 0 Å². The number of carbonyl (C=O) groups excluding carboxylic acids is 2. The van der Waals surface area contributed by atoms with E-state index in [0.29, 0.717) is 24.1 Å². The van der Waals surface area contributed by atoms with E-state index >= 15 is 0 Å². The number of carbonyl (C=O) groups is 2. The lowest BCUT2D eigenvalue weighted by Crippen LogP contribution is -2.40. The van der Waals surface area contributed by atoms with Gasteiger partial charge in [-0.3, -0.25) is 9.59 Å². The largest absolute Gasteiger partial charge is 0.347 e. The van der Waals surface area contributed by atoms with E-state index in [9.17, 15) is 9.59 Å². The van der Waals surface area contributed by atoms with Crippen LogP contribution in [-0.4, -0.2) is 22.9 Å². The number of nitrogens with two attached hydrogens (primary N) is 1. The van der Waals surface area contributed by atoms with Crippen LogP contribution < -0.4 is 16.4 Å². The summed E-state index contributed by atoms with van der Waals surface area (Å²) < 4.78 is 0. The van der Waals surface area contributed by atoms with Crippen molar-refractivity contribution in [2.24, 2.45) is 5.73 Å². The third-order valence-corrected chi connectivity index (χ3v) is 3.11. The highest BCUT2D eigenvalue weighted by Crippen LogP contribution is 2.33. The quantitative estimate of drug-likeness (QED) is 0.784. The molecule has 5 nitrogen and oxygen atoms in total. The van der Waals surface area contributed by atoms with Crippen molar-refractivity contribution in [2.45, 2.75) is 44.7 Å². The first-order valence-electron chi connectivity index (χ1n) is 6.73. The molecule has 5 heteroatoms. The Kier molecular flexibility index (Phi) is 3.56. The molecule has 0 aromatic heterocycles. The van der Waals surface area contributed by atoms with Crippen LogP contribution in [0.4, 0.5) is 5.69 Å². The molecule has 0 aliphatic heterocycles. The summed E-state index contributed by atoms with van der Waals surface area (Å²) in [6.45, 7) is 5.76. The predicted octanol–water partition coefficient (Wildman–Crippen LogP) is 1.64. The van der Waals surface area contributed by atoms with Crippen LogP contribution in [0.15, 0.2) is 24.3 Å². The molecule has 0 unspecified atom stereocenters. The van der Waals surface area contributed by atoms with E-state index < -0.39 is 5.54 Å². The molecule has 0 bridgehead atoms. The molecular weight excluding hydrogens is 254 g/mol. The van der Waals surface area contributed by atoms with Crippen LogP contribution in [0.25, 0.3) is 0 Å². The third-order valence-electron chi connectivity index (χ3n) is 3.11. The predicted molar refractivity (Wildman–Crippen MR) is 78.4 cm³/mol. The molecule has 4 N–H and O–H groups in total. The SMILES string of the molecule is CC(C)(C)NC(=O)c1cccc(NC(=O)C2(N)CC2)c1. The molecule has 1 aromatic carbocycles. The van der Waals surface area contributed by atoms with Crippen molar-refractivity contribution in [1.82, 2.24) is 5.32 Å². The number of anilines is 1. The second-order valence-electron chi connectivity index (χ2n) is 6.40. The molecule has 2 amide bonds. The monoisotopic (exact) mass is 275 g/mol. The molecular formula is C15H21N3O2. The highest BCUT2D eigenvalue weighted by atomic mass is 16.2. The first-order chi connectivity index (χ1) is 9.20. The lowest BCUT2D eigenvalue weighted by Gasteiger charge is -2.20. The van der Waals surface area contributed by atoms with Gasteiger partial charge in [-0.25, -0.2) is 0 Å². The smallest absolute Gasteiger partial charge is 0.251 e. The minimum Gasteiger partial charge on any atom is -0.347 e. The number of hydrogen-bond donors (Lipinski definition) is 3. The first-order valence-corrected chi connectivity index (χ1v) is 6.73. The number of hydrogen-bond acceptors (Lipinski definition) is 3. The molecule has 0 spiro atoms. The van der Waals surface area contributed by atoms with Gasteiger partial charge in [0.15, 0.2) is 0 Å². The number of amides is 2. The van der Waals surface area contributed by atoms with Crippen molar-refractivity contribution in [3.05, 3.63) is 29.8 Å². The number of nitrogens with one attached hydrogen (secondary N) is 2. The second-order valence-corrected chi connectivity index (χ2v) is 6.40. The van der Waals surface area contributed by atoms with Crippen LogP contribution in [0.2, 0.25) is 0 Å². The Morgan fingerprint density at radius 2 is 1.90 bits per heavy atom. The van der Waals surface area contributed by atoms with E-state index in [1.54, 1.807) is 24.3 Å². The Bertz CT molecular complexity index is 542. The van der Waals surface area contributed by atoms with Crippen LogP contribution >= 0.6 is 0 Å². The molecule has 108 valence electrons. The lowest BCUT2D eigenvalue weighted by atomic mass is 10.1. The molecule has 1 saturated carbocycles. The molecule has 0 saturated heterocycles. The maximum absolute atomic E-state index is 12.1. The maximum atomic E-state index is 12.1.